The van der Waals surface area contributed by atoms with E-state index in [0.29, 0.717) is 10.6 Å². The quantitative estimate of drug-likeness (QED) is 0.891. The maximum absolute atomic E-state index is 12.2. The number of nitrogens with one attached hydrogen (secondary N) is 1. The van der Waals surface area contributed by atoms with E-state index in [0.717, 1.165) is 0 Å². The zero-order valence-corrected chi connectivity index (χ0v) is 12.1. The molecule has 0 saturated heterocycles. The lowest BCUT2D eigenvalue weighted by atomic mass is 10.1. The third-order valence-electron chi connectivity index (χ3n) is 2.79. The summed E-state index contributed by atoms with van der Waals surface area (Å²) in [7, 11) is -3.74. The van der Waals surface area contributed by atoms with Crippen molar-refractivity contribution in [3.8, 4) is 0 Å². The minimum atomic E-state index is -3.74. The van der Waals surface area contributed by atoms with Crippen LogP contribution in [0, 0.1) is 0 Å². The Morgan fingerprint density at radius 3 is 2.40 bits per heavy atom. The molecule has 0 amide bonds. The average Bonchev–Trinajstić information content (AvgIpc) is 2.46. The molecule has 0 aromatic heterocycles. The Kier molecular flexibility index (Phi) is 4.77. The van der Waals surface area contributed by atoms with E-state index in [-0.39, 0.29) is 11.5 Å². The molecule has 1 atom stereocenters. The Morgan fingerprint density at radius 2 is 1.80 bits per heavy atom. The van der Waals surface area contributed by atoms with Crippen LogP contribution in [0.4, 0.5) is 0 Å². The summed E-state index contributed by atoms with van der Waals surface area (Å²) in [5, 5.41) is 9.73. The Morgan fingerprint density at radius 1 is 1.10 bits per heavy atom. The van der Waals surface area contributed by atoms with Crippen LogP contribution in [-0.2, 0) is 10.0 Å². The topological polar surface area (TPSA) is 66.4 Å². The zero-order valence-electron chi connectivity index (χ0n) is 10.5. The molecule has 106 valence electrons. The first-order valence-corrected chi connectivity index (χ1v) is 7.83. The summed E-state index contributed by atoms with van der Waals surface area (Å²) in [5.41, 5.74) is 0.695. The summed E-state index contributed by atoms with van der Waals surface area (Å²) in [6, 6.07) is 14.2. The molecule has 6 heteroatoms. The van der Waals surface area contributed by atoms with Gasteiger partial charge in [0.05, 0.1) is 17.5 Å². The molecule has 0 aliphatic heterocycles. The number of hydrogen-bond donors (Lipinski definition) is 2. The van der Waals surface area contributed by atoms with Crippen molar-refractivity contribution in [2.45, 2.75) is 10.9 Å². The molecule has 2 aromatic rings. The van der Waals surface area contributed by atoms with E-state index in [2.05, 4.69) is 4.72 Å². The minimum absolute atomic E-state index is 0.0689. The molecule has 0 spiro atoms. The second kappa shape index (κ2) is 6.37. The smallest absolute Gasteiger partial charge is 0.241 e. The molecule has 0 saturated carbocycles. The molecular formula is C14H14ClNO3S. The molecule has 0 radical (unpaired) electrons. The van der Waals surface area contributed by atoms with E-state index in [1.807, 2.05) is 6.07 Å². The minimum Gasteiger partial charge on any atom is -0.394 e. The standard InChI is InChI=1S/C14H14ClNO3S/c15-12-7-4-8-13(9-12)20(18,19)16-14(10-17)11-5-2-1-3-6-11/h1-9,14,16-17H,10H2/t14-/m1/s1. The number of sulfonamides is 1. The van der Waals surface area contributed by atoms with Crippen LogP contribution in [0.25, 0.3) is 0 Å². The van der Waals surface area contributed by atoms with Crippen LogP contribution in [0.15, 0.2) is 59.5 Å². The highest BCUT2D eigenvalue weighted by atomic mass is 35.5. The van der Waals surface area contributed by atoms with Crippen LogP contribution in [0.2, 0.25) is 5.02 Å². The van der Waals surface area contributed by atoms with Crippen molar-refractivity contribution in [1.82, 2.24) is 4.72 Å². The van der Waals surface area contributed by atoms with Crippen molar-refractivity contribution in [3.63, 3.8) is 0 Å². The SMILES string of the molecule is O=S(=O)(N[C@H](CO)c1ccccc1)c1cccc(Cl)c1. The van der Waals surface area contributed by atoms with Crippen LogP contribution >= 0.6 is 11.6 Å². The van der Waals surface area contributed by atoms with Crippen molar-refractivity contribution in [1.29, 1.82) is 0 Å². The zero-order chi connectivity index (χ0) is 14.6. The molecule has 0 heterocycles. The summed E-state index contributed by atoms with van der Waals surface area (Å²) in [5.74, 6) is 0. The molecule has 0 fully saturated rings. The van der Waals surface area contributed by atoms with Crippen LogP contribution in [0.5, 0.6) is 0 Å². The van der Waals surface area contributed by atoms with Gasteiger partial charge in [0.2, 0.25) is 10.0 Å². The highest BCUT2D eigenvalue weighted by Crippen LogP contribution is 2.19. The normalized spacial score (nSPS) is 13.1. The van der Waals surface area contributed by atoms with E-state index < -0.39 is 16.1 Å². The molecule has 2 aromatic carbocycles. The van der Waals surface area contributed by atoms with Gasteiger partial charge in [0.25, 0.3) is 0 Å². The van der Waals surface area contributed by atoms with E-state index in [1.165, 1.54) is 12.1 Å². The maximum Gasteiger partial charge on any atom is 0.241 e. The van der Waals surface area contributed by atoms with E-state index in [9.17, 15) is 13.5 Å². The summed E-state index contributed by atoms with van der Waals surface area (Å²) < 4.78 is 27.0. The maximum atomic E-state index is 12.2. The third kappa shape index (κ3) is 3.58. The third-order valence-corrected chi connectivity index (χ3v) is 4.49. The number of rotatable bonds is 5. The highest BCUT2D eigenvalue weighted by Gasteiger charge is 2.20. The van der Waals surface area contributed by atoms with Crippen molar-refractivity contribution >= 4 is 21.6 Å². The van der Waals surface area contributed by atoms with Gasteiger partial charge in [0, 0.05) is 5.02 Å². The molecule has 0 aliphatic carbocycles. The average molecular weight is 312 g/mol. The lowest BCUT2D eigenvalue weighted by molar-refractivity contribution is 0.259. The fourth-order valence-electron chi connectivity index (χ4n) is 1.79. The first-order valence-electron chi connectivity index (χ1n) is 5.96. The summed E-state index contributed by atoms with van der Waals surface area (Å²) in [6.07, 6.45) is 0. The second-order valence-electron chi connectivity index (χ2n) is 4.22. The molecular weight excluding hydrogens is 298 g/mol. The Hall–Kier alpha value is -1.40. The second-order valence-corrected chi connectivity index (χ2v) is 6.37. The van der Waals surface area contributed by atoms with Gasteiger partial charge in [-0.3, -0.25) is 0 Å². The van der Waals surface area contributed by atoms with Crippen LogP contribution in [0.1, 0.15) is 11.6 Å². The lowest BCUT2D eigenvalue weighted by Gasteiger charge is -2.17. The number of benzene rings is 2. The first kappa shape index (κ1) is 15.0. The van der Waals surface area contributed by atoms with Crippen molar-refractivity contribution in [2.75, 3.05) is 6.61 Å². The van der Waals surface area contributed by atoms with Crippen LogP contribution < -0.4 is 4.72 Å². The number of halogens is 1. The largest absolute Gasteiger partial charge is 0.394 e. The molecule has 2 N–H and O–H groups in total. The monoisotopic (exact) mass is 311 g/mol. The Labute approximate surface area is 123 Å². The van der Waals surface area contributed by atoms with Gasteiger partial charge in [0.1, 0.15) is 0 Å². The van der Waals surface area contributed by atoms with Crippen molar-refractivity contribution in [2.24, 2.45) is 0 Å². The van der Waals surface area contributed by atoms with E-state index >= 15 is 0 Å². The number of aliphatic hydroxyl groups excluding tert-OH is 1. The molecule has 2 rings (SSSR count). The van der Waals surface area contributed by atoms with Crippen molar-refractivity contribution < 1.29 is 13.5 Å². The predicted molar refractivity (Wildman–Crippen MR) is 78.0 cm³/mol. The van der Waals surface area contributed by atoms with Crippen LogP contribution in [-0.4, -0.2) is 20.1 Å². The van der Waals surface area contributed by atoms with Gasteiger partial charge >= 0.3 is 0 Å². The van der Waals surface area contributed by atoms with Gasteiger partial charge in [-0.2, -0.15) is 0 Å². The molecule has 4 nitrogen and oxygen atoms in total. The van der Waals surface area contributed by atoms with Gasteiger partial charge in [0.15, 0.2) is 0 Å². The number of hydrogen-bond acceptors (Lipinski definition) is 3. The lowest BCUT2D eigenvalue weighted by Crippen LogP contribution is -2.30. The molecule has 0 aliphatic rings. The fourth-order valence-corrected chi connectivity index (χ4v) is 3.30. The van der Waals surface area contributed by atoms with Gasteiger partial charge < -0.3 is 5.11 Å². The summed E-state index contributed by atoms with van der Waals surface area (Å²) in [6.45, 7) is -0.330. The van der Waals surface area contributed by atoms with Crippen molar-refractivity contribution in [3.05, 3.63) is 65.2 Å². The van der Waals surface area contributed by atoms with E-state index in [4.69, 9.17) is 11.6 Å². The summed E-state index contributed by atoms with van der Waals surface area (Å²) >= 11 is 5.80. The molecule has 0 unspecified atom stereocenters. The van der Waals surface area contributed by atoms with Gasteiger partial charge in [-0.25, -0.2) is 13.1 Å². The van der Waals surface area contributed by atoms with E-state index in [1.54, 1.807) is 36.4 Å². The highest BCUT2D eigenvalue weighted by molar-refractivity contribution is 7.89. The Balaban J connectivity index is 2.27. The summed E-state index contributed by atoms with van der Waals surface area (Å²) in [4.78, 5) is 0.0689. The van der Waals surface area contributed by atoms with Gasteiger partial charge in [-0.1, -0.05) is 48.0 Å². The molecule has 20 heavy (non-hydrogen) atoms. The van der Waals surface area contributed by atoms with Gasteiger partial charge in [-0.05, 0) is 23.8 Å². The predicted octanol–water partition coefficient (Wildman–Crippen LogP) is 2.35. The Bertz CT molecular complexity index is 674. The first-order chi connectivity index (χ1) is 9.53. The van der Waals surface area contributed by atoms with Gasteiger partial charge in [-0.15, -0.1) is 0 Å². The number of aliphatic hydroxyl groups is 1. The fraction of sp³-hybridized carbons (Fsp3) is 0.143. The molecule has 0 bridgehead atoms. The van der Waals surface area contributed by atoms with Crippen LogP contribution in [0.3, 0.4) is 0 Å².